The summed E-state index contributed by atoms with van der Waals surface area (Å²) in [4.78, 5) is 56.1. The Kier molecular flexibility index (Phi) is 8.17. The fourth-order valence-corrected chi connectivity index (χ4v) is 4.72. The molecule has 39 heavy (non-hydrogen) atoms. The molecule has 0 saturated heterocycles. The minimum absolute atomic E-state index is 0.124. The number of carbonyl (C=O) groups excluding carboxylic acids is 4. The Bertz CT molecular complexity index is 1500. The molecule has 2 heterocycles. The Labute approximate surface area is 232 Å². The lowest BCUT2D eigenvalue weighted by Crippen LogP contribution is -2.32. The van der Waals surface area contributed by atoms with Gasteiger partial charge in [-0.15, -0.1) is 0 Å². The van der Waals surface area contributed by atoms with Gasteiger partial charge in [-0.3, -0.25) is 19.7 Å². The first-order valence-corrected chi connectivity index (χ1v) is 12.7. The number of amides is 3. The molecule has 0 aliphatic carbocycles. The number of carbonyl (C=O) groups is 4. The molecule has 4 rings (SSSR count). The zero-order chi connectivity index (χ0) is 28.3. The minimum atomic E-state index is -0.718. The van der Waals surface area contributed by atoms with Gasteiger partial charge in [-0.05, 0) is 50.2 Å². The molecule has 3 amide bonds. The van der Waals surface area contributed by atoms with Gasteiger partial charge in [0.2, 0.25) is 0 Å². The van der Waals surface area contributed by atoms with E-state index in [0.717, 1.165) is 16.2 Å². The third kappa shape index (κ3) is 5.56. The molecule has 2 aromatic carbocycles. The van der Waals surface area contributed by atoms with Crippen LogP contribution in [-0.4, -0.2) is 49.5 Å². The molecular weight excluding hydrogens is 548 g/mol. The molecule has 1 aliphatic heterocycles. The number of aromatic nitrogens is 1. The van der Waals surface area contributed by atoms with Crippen LogP contribution in [0.4, 0.5) is 16.5 Å². The van der Waals surface area contributed by atoms with Crippen molar-refractivity contribution in [1.82, 2.24) is 4.98 Å². The van der Waals surface area contributed by atoms with Crippen molar-refractivity contribution in [3.63, 3.8) is 0 Å². The highest BCUT2D eigenvalue weighted by atomic mass is 35.5. The molecule has 11 nitrogen and oxygen atoms in total. The van der Waals surface area contributed by atoms with Gasteiger partial charge in [-0.2, -0.15) is 0 Å². The van der Waals surface area contributed by atoms with Gasteiger partial charge < -0.3 is 19.5 Å². The zero-order valence-corrected chi connectivity index (χ0v) is 22.9. The number of aryl methyl sites for hydroxylation is 1. The number of methoxy groups -OCH3 is 2. The van der Waals surface area contributed by atoms with Crippen LogP contribution >= 0.6 is 22.9 Å². The predicted molar refractivity (Wildman–Crippen MR) is 146 cm³/mol. The highest BCUT2D eigenvalue weighted by Gasteiger charge is 2.40. The van der Waals surface area contributed by atoms with Crippen molar-refractivity contribution in [3.8, 4) is 11.5 Å². The van der Waals surface area contributed by atoms with Crippen LogP contribution in [0.25, 0.3) is 0 Å². The van der Waals surface area contributed by atoms with Crippen molar-refractivity contribution in [2.24, 2.45) is 0 Å². The monoisotopic (exact) mass is 570 g/mol. The van der Waals surface area contributed by atoms with Crippen LogP contribution in [0.3, 0.4) is 0 Å². The van der Waals surface area contributed by atoms with Gasteiger partial charge in [0, 0.05) is 17.3 Å². The van der Waals surface area contributed by atoms with E-state index in [1.165, 1.54) is 32.4 Å². The lowest BCUT2D eigenvalue weighted by Gasteiger charge is -2.18. The third-order valence-corrected chi connectivity index (χ3v) is 6.95. The van der Waals surface area contributed by atoms with E-state index in [2.05, 4.69) is 15.6 Å². The van der Waals surface area contributed by atoms with Gasteiger partial charge in [0.25, 0.3) is 17.7 Å². The maximum Gasteiger partial charge on any atom is 0.350 e. The highest BCUT2D eigenvalue weighted by Crippen LogP contribution is 2.37. The van der Waals surface area contributed by atoms with Gasteiger partial charge in [-0.1, -0.05) is 22.9 Å². The minimum Gasteiger partial charge on any atom is -0.497 e. The molecule has 2 N–H and O–H groups in total. The van der Waals surface area contributed by atoms with Crippen molar-refractivity contribution < 1.29 is 33.4 Å². The van der Waals surface area contributed by atoms with E-state index in [0.29, 0.717) is 27.6 Å². The molecule has 0 spiro atoms. The van der Waals surface area contributed by atoms with Crippen molar-refractivity contribution >= 4 is 63.1 Å². The summed E-state index contributed by atoms with van der Waals surface area (Å²) in [5.74, 6) is -1.60. The number of esters is 1. The maximum atomic E-state index is 13.2. The van der Waals surface area contributed by atoms with E-state index in [9.17, 15) is 19.2 Å². The van der Waals surface area contributed by atoms with Gasteiger partial charge in [0.15, 0.2) is 5.13 Å². The van der Waals surface area contributed by atoms with Crippen LogP contribution < -0.4 is 25.0 Å². The number of hydrogen-bond acceptors (Lipinski definition) is 10. The van der Waals surface area contributed by atoms with Gasteiger partial charge in [0.1, 0.15) is 27.1 Å². The molecule has 0 saturated carbocycles. The van der Waals surface area contributed by atoms with Crippen molar-refractivity contribution in [2.45, 2.75) is 13.8 Å². The highest BCUT2D eigenvalue weighted by molar-refractivity contribution is 7.17. The molecule has 0 bridgehead atoms. The van der Waals surface area contributed by atoms with E-state index in [-0.39, 0.29) is 33.9 Å². The van der Waals surface area contributed by atoms with Crippen LogP contribution in [-0.2, 0) is 14.3 Å². The third-order valence-electron chi connectivity index (χ3n) is 5.55. The van der Waals surface area contributed by atoms with Gasteiger partial charge >= 0.3 is 5.97 Å². The first-order valence-electron chi connectivity index (χ1n) is 11.5. The molecule has 0 atom stereocenters. The lowest BCUT2D eigenvalue weighted by molar-refractivity contribution is -0.120. The molecule has 1 aliphatic rings. The van der Waals surface area contributed by atoms with E-state index in [4.69, 9.17) is 25.8 Å². The van der Waals surface area contributed by atoms with E-state index < -0.39 is 23.7 Å². The van der Waals surface area contributed by atoms with Gasteiger partial charge in [-0.25, -0.2) is 14.7 Å². The molecule has 0 unspecified atom stereocenters. The molecule has 0 radical (unpaired) electrons. The summed E-state index contributed by atoms with van der Waals surface area (Å²) in [6.45, 7) is 3.59. The van der Waals surface area contributed by atoms with Crippen LogP contribution in [0, 0.1) is 6.92 Å². The lowest BCUT2D eigenvalue weighted by atomic mass is 10.2. The normalized spacial score (nSPS) is 13.0. The summed E-state index contributed by atoms with van der Waals surface area (Å²) in [5, 5.41) is 5.47. The maximum absolute atomic E-state index is 13.2. The SMILES string of the molecule is CCOC(=O)c1sc(NC(=O)c2ccc(NC3=C(Cl)C(=O)N(c4ccc(OC)cc4OC)C3=O)cc2)nc1C. The number of rotatable bonds is 9. The average Bonchev–Trinajstić information content (AvgIpc) is 3.40. The summed E-state index contributed by atoms with van der Waals surface area (Å²) >= 11 is 7.26. The average molecular weight is 571 g/mol. The predicted octanol–water partition coefficient (Wildman–Crippen LogP) is 4.33. The quantitative estimate of drug-likeness (QED) is 0.284. The molecule has 1 aromatic heterocycles. The first-order chi connectivity index (χ1) is 18.7. The van der Waals surface area contributed by atoms with Crippen molar-refractivity contribution in [3.05, 3.63) is 69.3 Å². The number of nitrogens with zero attached hydrogens (tertiary/aromatic N) is 2. The van der Waals surface area contributed by atoms with Crippen molar-refractivity contribution in [2.75, 3.05) is 36.4 Å². The zero-order valence-electron chi connectivity index (χ0n) is 21.3. The second-order valence-electron chi connectivity index (χ2n) is 7.98. The summed E-state index contributed by atoms with van der Waals surface area (Å²) in [6.07, 6.45) is 0. The number of ether oxygens (including phenoxy) is 3. The molecule has 13 heteroatoms. The number of anilines is 3. The molecule has 0 fully saturated rings. The second-order valence-corrected chi connectivity index (χ2v) is 9.36. The summed E-state index contributed by atoms with van der Waals surface area (Å²) in [5.41, 5.74) is 1.25. The van der Waals surface area contributed by atoms with Crippen LogP contribution in [0.15, 0.2) is 53.2 Å². The van der Waals surface area contributed by atoms with E-state index in [1.807, 2.05) is 0 Å². The van der Waals surface area contributed by atoms with Crippen LogP contribution in [0.1, 0.15) is 32.6 Å². The summed E-state index contributed by atoms with van der Waals surface area (Å²) in [6, 6.07) is 10.8. The van der Waals surface area contributed by atoms with Gasteiger partial charge in [0.05, 0.1) is 32.2 Å². The Morgan fingerprint density at radius 2 is 1.77 bits per heavy atom. The first kappa shape index (κ1) is 27.6. The standard InChI is InChI=1S/C26H23ClN4O7S/c1-5-38-25(35)21-13(2)28-26(39-21)30-22(32)14-6-8-15(9-7-14)29-20-19(27)23(33)31(24(20)34)17-11-10-16(36-3)12-18(17)37-4/h6-12,29H,5H2,1-4H3,(H,28,30,32). The summed E-state index contributed by atoms with van der Waals surface area (Å²) < 4.78 is 15.5. The summed E-state index contributed by atoms with van der Waals surface area (Å²) in [7, 11) is 2.89. The van der Waals surface area contributed by atoms with E-state index in [1.54, 1.807) is 38.1 Å². The molecule has 202 valence electrons. The Hall–Kier alpha value is -4.42. The smallest absolute Gasteiger partial charge is 0.350 e. The van der Waals surface area contributed by atoms with Crippen molar-refractivity contribution in [1.29, 1.82) is 0 Å². The molecular formula is C26H23ClN4O7S. The largest absolute Gasteiger partial charge is 0.497 e. The topological polar surface area (TPSA) is 136 Å². The number of halogens is 1. The number of benzene rings is 2. The number of thiazole rings is 1. The fourth-order valence-electron chi connectivity index (χ4n) is 3.65. The fraction of sp³-hybridized carbons (Fsp3) is 0.192. The Balaban J connectivity index is 1.47. The Morgan fingerprint density at radius 3 is 2.41 bits per heavy atom. The number of hydrogen-bond donors (Lipinski definition) is 2. The van der Waals surface area contributed by atoms with Crippen LogP contribution in [0.2, 0.25) is 0 Å². The Morgan fingerprint density at radius 1 is 1.05 bits per heavy atom. The molecule has 3 aromatic rings. The van der Waals surface area contributed by atoms with E-state index >= 15 is 0 Å². The number of nitrogens with one attached hydrogen (secondary N) is 2. The number of imide groups is 1. The second kappa shape index (κ2) is 11.5. The van der Waals surface area contributed by atoms with Crippen LogP contribution in [0.5, 0.6) is 11.5 Å².